The molecule has 0 aliphatic carbocycles. The van der Waals surface area contributed by atoms with Crippen molar-refractivity contribution >= 4 is 0 Å². The van der Waals surface area contributed by atoms with Crippen LogP contribution in [-0.2, 0) is 0 Å². The minimum atomic E-state index is -0.875. The Morgan fingerprint density at radius 2 is 2.00 bits per heavy atom. The lowest BCUT2D eigenvalue weighted by molar-refractivity contribution is 0.148. The number of rotatable bonds is 2. The lowest BCUT2D eigenvalue weighted by atomic mass is 10.2. The third kappa shape index (κ3) is 5.89. The third-order valence-corrected chi connectivity index (χ3v) is 0.666. The maximum Gasteiger partial charge on any atom is 0.0998 e. The molecule has 2 heteroatoms. The predicted octanol–water partition coefficient (Wildman–Crippen LogP) is 1.12. The second-order valence-corrected chi connectivity index (χ2v) is 1.87. The lowest BCUT2D eigenvalue weighted by Crippen LogP contribution is -2.06. The maximum absolute atomic E-state index is 11.8. The Bertz CT molecular complexity index is 37.3. The maximum atomic E-state index is 11.8. The molecule has 0 aromatic heterocycles. The molecule has 0 unspecified atom stereocenters. The molecule has 0 amide bonds. The van der Waals surface area contributed by atoms with E-state index in [4.69, 9.17) is 5.11 Å². The Morgan fingerprint density at radius 1 is 1.57 bits per heavy atom. The number of alkyl halides is 1. The van der Waals surface area contributed by atoms with Gasteiger partial charge in [0.25, 0.3) is 0 Å². The van der Waals surface area contributed by atoms with Crippen molar-refractivity contribution in [3.63, 3.8) is 0 Å². The highest BCUT2D eigenvalue weighted by atomic mass is 19.1. The quantitative estimate of drug-likeness (QED) is 0.559. The van der Waals surface area contributed by atoms with Crippen molar-refractivity contribution in [2.45, 2.75) is 32.5 Å². The monoisotopic (exact) mass is 106 g/mol. The van der Waals surface area contributed by atoms with Crippen LogP contribution in [0.2, 0.25) is 0 Å². The van der Waals surface area contributed by atoms with Gasteiger partial charge in [-0.15, -0.1) is 0 Å². The molecule has 7 heavy (non-hydrogen) atoms. The SMILES string of the molecule is C[C@@H](O)C[C@@H](C)F. The Morgan fingerprint density at radius 3 is 2.00 bits per heavy atom. The van der Waals surface area contributed by atoms with Crippen LogP contribution >= 0.6 is 0 Å². The number of aliphatic hydroxyl groups is 1. The normalized spacial score (nSPS) is 18.9. The van der Waals surface area contributed by atoms with Gasteiger partial charge in [0.2, 0.25) is 0 Å². The Labute approximate surface area is 43.2 Å². The van der Waals surface area contributed by atoms with Crippen molar-refractivity contribution in [1.82, 2.24) is 0 Å². The van der Waals surface area contributed by atoms with Gasteiger partial charge in [-0.1, -0.05) is 0 Å². The second-order valence-electron chi connectivity index (χ2n) is 1.87. The molecule has 0 radical (unpaired) electrons. The van der Waals surface area contributed by atoms with Crippen LogP contribution in [0.3, 0.4) is 0 Å². The predicted molar refractivity (Wildman–Crippen MR) is 26.9 cm³/mol. The summed E-state index contributed by atoms with van der Waals surface area (Å²) in [6.45, 7) is 3.02. The van der Waals surface area contributed by atoms with E-state index in [1.165, 1.54) is 6.92 Å². The summed E-state index contributed by atoms with van der Waals surface area (Å²) in [5.41, 5.74) is 0. The van der Waals surface area contributed by atoms with Crippen LogP contribution in [0.5, 0.6) is 0 Å². The zero-order valence-corrected chi connectivity index (χ0v) is 4.69. The van der Waals surface area contributed by atoms with Crippen LogP contribution in [0.15, 0.2) is 0 Å². The molecule has 0 aromatic rings. The van der Waals surface area contributed by atoms with Gasteiger partial charge in [0.1, 0.15) is 0 Å². The van der Waals surface area contributed by atoms with Gasteiger partial charge in [0.15, 0.2) is 0 Å². The number of hydrogen-bond acceptors (Lipinski definition) is 1. The average molecular weight is 106 g/mol. The Kier molecular flexibility index (Phi) is 2.92. The van der Waals surface area contributed by atoms with Gasteiger partial charge >= 0.3 is 0 Å². The summed E-state index contributed by atoms with van der Waals surface area (Å²) in [6.07, 6.45) is -1.13. The first kappa shape index (κ1) is 6.89. The average Bonchev–Trinajstić information content (AvgIpc) is 1.27. The lowest BCUT2D eigenvalue weighted by Gasteiger charge is -2.01. The van der Waals surface area contributed by atoms with Crippen molar-refractivity contribution in [3.05, 3.63) is 0 Å². The van der Waals surface area contributed by atoms with Crippen LogP contribution in [0, 0.1) is 0 Å². The van der Waals surface area contributed by atoms with Gasteiger partial charge in [-0.25, -0.2) is 4.39 Å². The molecule has 2 atom stereocenters. The fraction of sp³-hybridized carbons (Fsp3) is 1.00. The topological polar surface area (TPSA) is 20.2 Å². The molecular formula is C5H11FO. The molecule has 0 aromatic carbocycles. The number of aliphatic hydroxyl groups excluding tert-OH is 1. The van der Waals surface area contributed by atoms with E-state index >= 15 is 0 Å². The zero-order valence-electron chi connectivity index (χ0n) is 4.69. The highest BCUT2D eigenvalue weighted by Gasteiger charge is 2.00. The fourth-order valence-corrected chi connectivity index (χ4v) is 0.470. The molecule has 1 nitrogen and oxygen atoms in total. The van der Waals surface area contributed by atoms with Crippen LogP contribution in [-0.4, -0.2) is 17.4 Å². The highest BCUT2D eigenvalue weighted by molar-refractivity contribution is 4.51. The molecule has 0 fully saturated rings. The third-order valence-electron chi connectivity index (χ3n) is 0.666. The van der Waals surface area contributed by atoms with E-state index in [1.807, 2.05) is 0 Å². The van der Waals surface area contributed by atoms with E-state index in [-0.39, 0.29) is 6.42 Å². The standard InChI is InChI=1S/C5H11FO/c1-4(6)3-5(2)7/h4-5,7H,3H2,1-2H3/t4-,5-/m1/s1. The van der Waals surface area contributed by atoms with E-state index in [0.717, 1.165) is 0 Å². The summed E-state index contributed by atoms with van der Waals surface area (Å²) in [5.74, 6) is 0. The minimum absolute atomic E-state index is 0.250. The second kappa shape index (κ2) is 2.97. The van der Waals surface area contributed by atoms with Crippen molar-refractivity contribution in [1.29, 1.82) is 0 Å². The highest BCUT2D eigenvalue weighted by Crippen LogP contribution is 1.98. The van der Waals surface area contributed by atoms with Gasteiger partial charge in [0, 0.05) is 6.42 Å². The van der Waals surface area contributed by atoms with Crippen LogP contribution in [0.25, 0.3) is 0 Å². The molecule has 0 spiro atoms. The number of hydrogen-bond donors (Lipinski definition) is 1. The molecule has 0 aliphatic rings. The van der Waals surface area contributed by atoms with E-state index < -0.39 is 12.3 Å². The Balaban J connectivity index is 2.95. The smallest absolute Gasteiger partial charge is 0.0998 e. The Hall–Kier alpha value is -0.110. The summed E-state index contributed by atoms with van der Waals surface area (Å²) >= 11 is 0. The first-order valence-corrected chi connectivity index (χ1v) is 2.45. The van der Waals surface area contributed by atoms with E-state index in [0.29, 0.717) is 0 Å². The molecule has 0 rings (SSSR count). The summed E-state index contributed by atoms with van der Waals surface area (Å²) in [4.78, 5) is 0. The van der Waals surface area contributed by atoms with Crippen molar-refractivity contribution < 1.29 is 9.50 Å². The molecule has 44 valence electrons. The van der Waals surface area contributed by atoms with Crippen LogP contribution in [0.4, 0.5) is 4.39 Å². The molecule has 0 bridgehead atoms. The first-order valence-electron chi connectivity index (χ1n) is 2.45. The summed E-state index contributed by atoms with van der Waals surface area (Å²) in [5, 5.41) is 8.48. The first-order chi connectivity index (χ1) is 3.13. The van der Waals surface area contributed by atoms with Crippen LogP contribution in [0.1, 0.15) is 20.3 Å². The molecule has 0 saturated heterocycles. The van der Waals surface area contributed by atoms with Gasteiger partial charge in [-0.3, -0.25) is 0 Å². The molecule has 0 aliphatic heterocycles. The molecule has 1 N–H and O–H groups in total. The molecule has 0 saturated carbocycles. The van der Waals surface area contributed by atoms with E-state index in [9.17, 15) is 4.39 Å². The summed E-state index contributed by atoms with van der Waals surface area (Å²) in [7, 11) is 0. The zero-order chi connectivity index (χ0) is 5.86. The van der Waals surface area contributed by atoms with E-state index in [2.05, 4.69) is 0 Å². The fourth-order valence-electron chi connectivity index (χ4n) is 0.470. The van der Waals surface area contributed by atoms with Crippen molar-refractivity contribution in [2.24, 2.45) is 0 Å². The largest absolute Gasteiger partial charge is 0.393 e. The number of halogens is 1. The minimum Gasteiger partial charge on any atom is -0.393 e. The summed E-state index contributed by atoms with van der Waals surface area (Å²) in [6, 6.07) is 0. The molecule has 0 heterocycles. The van der Waals surface area contributed by atoms with Crippen molar-refractivity contribution in [3.8, 4) is 0 Å². The molecular weight excluding hydrogens is 95.1 g/mol. The van der Waals surface area contributed by atoms with Gasteiger partial charge in [-0.2, -0.15) is 0 Å². The van der Waals surface area contributed by atoms with Gasteiger partial charge in [0.05, 0.1) is 12.3 Å². The van der Waals surface area contributed by atoms with Gasteiger partial charge in [-0.05, 0) is 13.8 Å². The summed E-state index contributed by atoms with van der Waals surface area (Å²) < 4.78 is 11.8. The van der Waals surface area contributed by atoms with Crippen molar-refractivity contribution in [2.75, 3.05) is 0 Å². The van der Waals surface area contributed by atoms with Gasteiger partial charge < -0.3 is 5.11 Å². The van der Waals surface area contributed by atoms with E-state index in [1.54, 1.807) is 6.92 Å². The van der Waals surface area contributed by atoms with Crippen LogP contribution < -0.4 is 0 Å².